The van der Waals surface area contributed by atoms with Crippen LogP contribution in [0.15, 0.2) is 48.5 Å². The summed E-state index contributed by atoms with van der Waals surface area (Å²) in [7, 11) is -3.63. The molecule has 6 nitrogen and oxygen atoms in total. The summed E-state index contributed by atoms with van der Waals surface area (Å²) in [4.78, 5) is 12.3. The van der Waals surface area contributed by atoms with Crippen LogP contribution in [-0.4, -0.2) is 33.2 Å². The molecule has 0 aliphatic rings. The molecule has 0 aromatic heterocycles. The van der Waals surface area contributed by atoms with E-state index in [0.29, 0.717) is 22.1 Å². The lowest BCUT2D eigenvalue weighted by Crippen LogP contribution is -2.37. The standard InChI is InChI=1S/C18H21ClN2O4S/c1-13(2)25-17-10-6-15(7-11-17)20-18(22)12-21(26(3,23)24)16-8-4-14(19)5-9-16/h4-11,13H,12H2,1-3H3,(H,20,22). The molecule has 0 spiro atoms. The zero-order valence-electron chi connectivity index (χ0n) is 14.8. The molecule has 0 atom stereocenters. The molecule has 26 heavy (non-hydrogen) atoms. The fraction of sp³-hybridized carbons (Fsp3) is 0.278. The molecule has 2 aromatic rings. The summed E-state index contributed by atoms with van der Waals surface area (Å²) in [5.41, 5.74) is 0.920. The summed E-state index contributed by atoms with van der Waals surface area (Å²) >= 11 is 5.83. The molecule has 1 N–H and O–H groups in total. The molecular formula is C18H21ClN2O4S. The number of benzene rings is 2. The fourth-order valence-corrected chi connectivity index (χ4v) is 3.21. The normalized spacial score (nSPS) is 11.3. The first kappa shape index (κ1) is 20.1. The number of hydrogen-bond acceptors (Lipinski definition) is 4. The molecule has 0 fully saturated rings. The van der Waals surface area contributed by atoms with Crippen LogP contribution in [0.3, 0.4) is 0 Å². The van der Waals surface area contributed by atoms with Gasteiger partial charge in [-0.3, -0.25) is 9.10 Å². The van der Waals surface area contributed by atoms with Crippen LogP contribution in [-0.2, 0) is 14.8 Å². The van der Waals surface area contributed by atoms with E-state index in [-0.39, 0.29) is 12.6 Å². The molecule has 2 aromatic carbocycles. The maximum absolute atomic E-state index is 12.3. The number of rotatable bonds is 7. The van der Waals surface area contributed by atoms with E-state index in [1.165, 1.54) is 0 Å². The quantitative estimate of drug-likeness (QED) is 0.776. The number of nitrogens with one attached hydrogen (secondary N) is 1. The van der Waals surface area contributed by atoms with Crippen molar-refractivity contribution in [2.45, 2.75) is 20.0 Å². The third-order valence-electron chi connectivity index (χ3n) is 3.31. The van der Waals surface area contributed by atoms with Crippen LogP contribution in [0.25, 0.3) is 0 Å². The summed E-state index contributed by atoms with van der Waals surface area (Å²) in [5.74, 6) is 0.236. The Hall–Kier alpha value is -2.25. The minimum Gasteiger partial charge on any atom is -0.491 e. The van der Waals surface area contributed by atoms with Gasteiger partial charge >= 0.3 is 0 Å². The molecule has 0 unspecified atom stereocenters. The van der Waals surface area contributed by atoms with E-state index in [1.54, 1.807) is 48.5 Å². The number of carbonyl (C=O) groups is 1. The second-order valence-electron chi connectivity index (χ2n) is 5.99. The number of nitrogens with zero attached hydrogens (tertiary/aromatic N) is 1. The second kappa shape index (κ2) is 8.42. The first-order valence-electron chi connectivity index (χ1n) is 7.95. The molecule has 0 saturated heterocycles. The third-order valence-corrected chi connectivity index (χ3v) is 4.70. The van der Waals surface area contributed by atoms with E-state index in [4.69, 9.17) is 16.3 Å². The van der Waals surface area contributed by atoms with E-state index >= 15 is 0 Å². The maximum atomic E-state index is 12.3. The smallest absolute Gasteiger partial charge is 0.245 e. The highest BCUT2D eigenvalue weighted by Crippen LogP contribution is 2.21. The molecular weight excluding hydrogens is 376 g/mol. The van der Waals surface area contributed by atoms with Crippen molar-refractivity contribution in [2.75, 3.05) is 22.4 Å². The third kappa shape index (κ3) is 5.93. The van der Waals surface area contributed by atoms with E-state index in [1.807, 2.05) is 13.8 Å². The highest BCUT2D eigenvalue weighted by molar-refractivity contribution is 7.92. The highest BCUT2D eigenvalue weighted by atomic mass is 35.5. The molecule has 140 valence electrons. The van der Waals surface area contributed by atoms with Crippen LogP contribution >= 0.6 is 11.6 Å². The first-order chi connectivity index (χ1) is 12.1. The van der Waals surface area contributed by atoms with Crippen molar-refractivity contribution in [2.24, 2.45) is 0 Å². The summed E-state index contributed by atoms with van der Waals surface area (Å²) in [5, 5.41) is 3.16. The van der Waals surface area contributed by atoms with Crippen LogP contribution in [0, 0.1) is 0 Å². The zero-order valence-corrected chi connectivity index (χ0v) is 16.3. The molecule has 0 radical (unpaired) electrons. The lowest BCUT2D eigenvalue weighted by Gasteiger charge is -2.22. The Kier molecular flexibility index (Phi) is 6.50. The van der Waals surface area contributed by atoms with Gasteiger partial charge in [-0.15, -0.1) is 0 Å². The van der Waals surface area contributed by atoms with E-state index < -0.39 is 15.9 Å². The number of carbonyl (C=O) groups excluding carboxylic acids is 1. The Morgan fingerprint density at radius 1 is 1.12 bits per heavy atom. The van der Waals surface area contributed by atoms with Crippen LogP contribution in [0.2, 0.25) is 5.02 Å². The lowest BCUT2D eigenvalue weighted by atomic mass is 10.3. The Balaban J connectivity index is 2.09. The van der Waals surface area contributed by atoms with Crippen LogP contribution in [0.1, 0.15) is 13.8 Å². The van der Waals surface area contributed by atoms with Crippen LogP contribution in [0.5, 0.6) is 5.75 Å². The predicted molar refractivity (Wildman–Crippen MR) is 104 cm³/mol. The topological polar surface area (TPSA) is 75.7 Å². The molecule has 0 heterocycles. The second-order valence-corrected chi connectivity index (χ2v) is 8.33. The van der Waals surface area contributed by atoms with Gasteiger partial charge in [0.25, 0.3) is 0 Å². The van der Waals surface area contributed by atoms with Crippen molar-refractivity contribution in [1.82, 2.24) is 0 Å². The number of ether oxygens (including phenoxy) is 1. The van der Waals surface area contributed by atoms with E-state index in [2.05, 4.69) is 5.32 Å². The average Bonchev–Trinajstić information content (AvgIpc) is 2.54. The van der Waals surface area contributed by atoms with Crippen LogP contribution < -0.4 is 14.4 Å². The Bertz CT molecular complexity index is 850. The zero-order chi connectivity index (χ0) is 19.3. The molecule has 0 saturated carbocycles. The summed E-state index contributed by atoms with van der Waals surface area (Å²) in [6.07, 6.45) is 1.10. The van der Waals surface area contributed by atoms with Gasteiger partial charge < -0.3 is 10.1 Å². The number of amides is 1. The molecule has 0 bridgehead atoms. The molecule has 0 aliphatic carbocycles. The van der Waals surface area contributed by atoms with E-state index in [9.17, 15) is 13.2 Å². The van der Waals surface area contributed by atoms with Gasteiger partial charge in [0.2, 0.25) is 15.9 Å². The Labute approximate surface area is 158 Å². The lowest BCUT2D eigenvalue weighted by molar-refractivity contribution is -0.114. The Morgan fingerprint density at radius 3 is 2.19 bits per heavy atom. The van der Waals surface area contributed by atoms with Crippen LogP contribution in [0.4, 0.5) is 11.4 Å². The SMILES string of the molecule is CC(C)Oc1ccc(NC(=O)CN(c2ccc(Cl)cc2)S(C)(=O)=O)cc1. The van der Waals surface area contributed by atoms with Gasteiger partial charge in [0.15, 0.2) is 0 Å². The largest absolute Gasteiger partial charge is 0.491 e. The number of anilines is 2. The van der Waals surface area contributed by atoms with Crippen molar-refractivity contribution >= 4 is 38.9 Å². The molecule has 1 amide bonds. The van der Waals surface area contributed by atoms with Gasteiger partial charge in [0, 0.05) is 10.7 Å². The maximum Gasteiger partial charge on any atom is 0.245 e. The van der Waals surface area contributed by atoms with Gasteiger partial charge in [-0.1, -0.05) is 11.6 Å². The summed E-state index contributed by atoms with van der Waals surface area (Å²) in [6.45, 7) is 3.50. The first-order valence-corrected chi connectivity index (χ1v) is 10.2. The average molecular weight is 397 g/mol. The summed E-state index contributed by atoms with van der Waals surface area (Å²) < 4.78 is 30.7. The van der Waals surface area contributed by atoms with Gasteiger partial charge in [-0.25, -0.2) is 8.42 Å². The van der Waals surface area contributed by atoms with Gasteiger partial charge in [-0.05, 0) is 62.4 Å². The fourth-order valence-electron chi connectivity index (χ4n) is 2.23. The van der Waals surface area contributed by atoms with Crippen molar-refractivity contribution < 1.29 is 17.9 Å². The van der Waals surface area contributed by atoms with Gasteiger partial charge in [0.1, 0.15) is 12.3 Å². The van der Waals surface area contributed by atoms with Crippen molar-refractivity contribution in [3.63, 3.8) is 0 Å². The number of hydrogen-bond donors (Lipinski definition) is 1. The highest BCUT2D eigenvalue weighted by Gasteiger charge is 2.20. The minimum absolute atomic E-state index is 0.0538. The minimum atomic E-state index is -3.63. The van der Waals surface area contributed by atoms with E-state index in [0.717, 1.165) is 10.6 Å². The molecule has 8 heteroatoms. The number of sulfonamides is 1. The predicted octanol–water partition coefficient (Wildman–Crippen LogP) is 3.53. The summed E-state index contributed by atoms with van der Waals surface area (Å²) in [6, 6.07) is 13.1. The van der Waals surface area contributed by atoms with Crippen molar-refractivity contribution in [3.05, 3.63) is 53.6 Å². The Morgan fingerprint density at radius 2 is 1.69 bits per heavy atom. The number of halogens is 1. The van der Waals surface area contributed by atoms with Crippen molar-refractivity contribution in [3.8, 4) is 5.75 Å². The van der Waals surface area contributed by atoms with Crippen molar-refractivity contribution in [1.29, 1.82) is 0 Å². The van der Waals surface area contributed by atoms with Gasteiger partial charge in [-0.2, -0.15) is 0 Å². The monoisotopic (exact) mass is 396 g/mol. The molecule has 0 aliphatic heterocycles. The molecule has 2 rings (SSSR count). The van der Waals surface area contributed by atoms with Gasteiger partial charge in [0.05, 0.1) is 18.0 Å².